The van der Waals surface area contributed by atoms with E-state index in [0.29, 0.717) is 25.5 Å². The van der Waals surface area contributed by atoms with Crippen molar-refractivity contribution in [3.05, 3.63) is 34.9 Å². The summed E-state index contributed by atoms with van der Waals surface area (Å²) in [6.45, 7) is 0.718. The number of guanidine groups is 1. The summed E-state index contributed by atoms with van der Waals surface area (Å²) in [5.41, 5.74) is 1.35. The number of hydrogen-bond acceptors (Lipinski definition) is 2. The highest BCUT2D eigenvalue weighted by molar-refractivity contribution is 14.0. The monoisotopic (exact) mass is 516 g/mol. The third-order valence-electron chi connectivity index (χ3n) is 5.14. The first-order valence-electron chi connectivity index (χ1n) is 8.82. The van der Waals surface area contributed by atoms with Gasteiger partial charge >= 0.3 is 6.18 Å². The second kappa shape index (κ2) is 9.17. The molecular formula is C18H25ClF3IN4. The predicted octanol–water partition coefficient (Wildman–Crippen LogP) is 3.79. The van der Waals surface area contributed by atoms with E-state index in [1.165, 1.54) is 10.5 Å². The van der Waals surface area contributed by atoms with Crippen LogP contribution in [0.15, 0.2) is 29.3 Å². The number of hydrogen-bond donors (Lipinski definition) is 2. The Morgan fingerprint density at radius 3 is 2.52 bits per heavy atom. The van der Waals surface area contributed by atoms with Crippen LogP contribution in [0.3, 0.4) is 0 Å². The maximum absolute atomic E-state index is 12.5. The van der Waals surface area contributed by atoms with E-state index in [4.69, 9.17) is 11.6 Å². The van der Waals surface area contributed by atoms with Crippen LogP contribution in [0.5, 0.6) is 0 Å². The Morgan fingerprint density at radius 1 is 1.30 bits per heavy atom. The van der Waals surface area contributed by atoms with Gasteiger partial charge in [0.2, 0.25) is 0 Å². The fourth-order valence-electron chi connectivity index (χ4n) is 3.51. The van der Waals surface area contributed by atoms with Gasteiger partial charge in [0.15, 0.2) is 5.96 Å². The first kappa shape index (κ1) is 22.5. The van der Waals surface area contributed by atoms with Crippen LogP contribution < -0.4 is 10.6 Å². The molecule has 0 amide bonds. The number of rotatable bonds is 5. The van der Waals surface area contributed by atoms with E-state index in [9.17, 15) is 13.2 Å². The lowest BCUT2D eigenvalue weighted by Crippen LogP contribution is -2.47. The van der Waals surface area contributed by atoms with Gasteiger partial charge in [0, 0.05) is 43.2 Å². The summed E-state index contributed by atoms with van der Waals surface area (Å²) in [6, 6.07) is 7.89. The van der Waals surface area contributed by atoms with Crippen LogP contribution in [-0.2, 0) is 5.41 Å². The summed E-state index contributed by atoms with van der Waals surface area (Å²) in [7, 11) is 1.68. The summed E-state index contributed by atoms with van der Waals surface area (Å²) in [5.74, 6) is 0.643. The molecular weight excluding hydrogens is 492 g/mol. The molecule has 1 atom stereocenters. The highest BCUT2D eigenvalue weighted by atomic mass is 127. The van der Waals surface area contributed by atoms with Gasteiger partial charge in [-0.2, -0.15) is 13.2 Å². The number of benzene rings is 1. The number of likely N-dealkylation sites (tertiary alicyclic amines) is 1. The van der Waals surface area contributed by atoms with E-state index in [1.54, 1.807) is 7.05 Å². The molecule has 0 aromatic heterocycles. The fraction of sp³-hybridized carbons (Fsp3) is 0.611. The van der Waals surface area contributed by atoms with Crippen molar-refractivity contribution < 1.29 is 13.2 Å². The molecule has 0 bridgehead atoms. The summed E-state index contributed by atoms with van der Waals surface area (Å²) >= 11 is 5.96. The molecule has 0 spiro atoms. The van der Waals surface area contributed by atoms with E-state index in [2.05, 4.69) is 27.8 Å². The lowest BCUT2D eigenvalue weighted by atomic mass is 9.96. The molecule has 1 heterocycles. The fourth-order valence-corrected chi connectivity index (χ4v) is 3.64. The van der Waals surface area contributed by atoms with Crippen molar-refractivity contribution in [2.24, 2.45) is 4.99 Å². The zero-order valence-corrected chi connectivity index (χ0v) is 18.2. The molecule has 2 aliphatic rings. The minimum absolute atomic E-state index is 0. The highest BCUT2D eigenvalue weighted by Gasteiger charge is 2.44. The Hall–Kier alpha value is -0.740. The number of halogens is 5. The Kier molecular flexibility index (Phi) is 7.66. The van der Waals surface area contributed by atoms with Crippen molar-refractivity contribution in [3.63, 3.8) is 0 Å². The van der Waals surface area contributed by atoms with Gasteiger partial charge in [0.05, 0.1) is 6.54 Å². The number of aliphatic imine (C=N–C) groups is 1. The average Bonchev–Trinajstić information content (AvgIpc) is 3.25. The number of nitrogens with zero attached hydrogens (tertiary/aromatic N) is 2. The summed E-state index contributed by atoms with van der Waals surface area (Å²) in [6.07, 6.45) is -1.27. The van der Waals surface area contributed by atoms with Gasteiger partial charge in [-0.1, -0.05) is 23.7 Å². The Bertz CT molecular complexity index is 647. The normalized spacial score (nSPS) is 22.3. The van der Waals surface area contributed by atoms with Gasteiger partial charge in [-0.25, -0.2) is 0 Å². The lowest BCUT2D eigenvalue weighted by Gasteiger charge is -2.22. The second-order valence-electron chi connectivity index (χ2n) is 7.19. The zero-order chi connectivity index (χ0) is 18.8. The molecule has 4 nitrogen and oxygen atoms in total. The number of alkyl halides is 3. The molecule has 0 radical (unpaired) electrons. The van der Waals surface area contributed by atoms with E-state index in [-0.39, 0.29) is 35.4 Å². The molecule has 27 heavy (non-hydrogen) atoms. The molecule has 1 unspecified atom stereocenters. The molecule has 3 rings (SSSR count). The van der Waals surface area contributed by atoms with Gasteiger partial charge in [-0.05, 0) is 37.0 Å². The van der Waals surface area contributed by atoms with E-state index in [0.717, 1.165) is 24.4 Å². The van der Waals surface area contributed by atoms with E-state index >= 15 is 0 Å². The van der Waals surface area contributed by atoms with Gasteiger partial charge < -0.3 is 10.6 Å². The first-order chi connectivity index (χ1) is 12.3. The first-order valence-corrected chi connectivity index (χ1v) is 9.20. The predicted molar refractivity (Wildman–Crippen MR) is 113 cm³/mol. The Morgan fingerprint density at radius 2 is 1.96 bits per heavy atom. The van der Waals surface area contributed by atoms with Gasteiger partial charge in [-0.15, -0.1) is 24.0 Å². The minimum atomic E-state index is -4.15. The van der Waals surface area contributed by atoms with Crippen LogP contribution in [-0.4, -0.2) is 56.3 Å². The third kappa shape index (κ3) is 6.39. The van der Waals surface area contributed by atoms with Crippen LogP contribution in [0.1, 0.15) is 24.8 Å². The maximum atomic E-state index is 12.5. The molecule has 1 aliphatic heterocycles. The average molecular weight is 517 g/mol. The topological polar surface area (TPSA) is 39.7 Å². The van der Waals surface area contributed by atoms with Crippen molar-refractivity contribution in [1.82, 2.24) is 15.5 Å². The van der Waals surface area contributed by atoms with Gasteiger partial charge in [0.25, 0.3) is 0 Å². The van der Waals surface area contributed by atoms with Crippen molar-refractivity contribution in [2.75, 3.05) is 33.2 Å². The molecule has 1 aromatic rings. The number of nitrogens with one attached hydrogen (secondary N) is 2. The smallest absolute Gasteiger partial charge is 0.356 e. The molecule has 2 fully saturated rings. The summed E-state index contributed by atoms with van der Waals surface area (Å²) in [4.78, 5) is 5.65. The van der Waals surface area contributed by atoms with Crippen LogP contribution in [0.25, 0.3) is 0 Å². The highest BCUT2D eigenvalue weighted by Crippen LogP contribution is 2.47. The van der Waals surface area contributed by atoms with E-state index in [1.807, 2.05) is 12.1 Å². The molecule has 1 saturated carbocycles. The van der Waals surface area contributed by atoms with Gasteiger partial charge in [-0.3, -0.25) is 9.89 Å². The zero-order valence-electron chi connectivity index (χ0n) is 15.2. The van der Waals surface area contributed by atoms with Crippen molar-refractivity contribution in [3.8, 4) is 0 Å². The van der Waals surface area contributed by atoms with Crippen LogP contribution in [0, 0.1) is 0 Å². The van der Waals surface area contributed by atoms with Gasteiger partial charge in [0.1, 0.15) is 0 Å². The largest absolute Gasteiger partial charge is 0.401 e. The van der Waals surface area contributed by atoms with E-state index < -0.39 is 12.7 Å². The Labute approximate surface area is 179 Å². The summed E-state index contributed by atoms with van der Waals surface area (Å²) < 4.78 is 37.5. The maximum Gasteiger partial charge on any atom is 0.401 e. The second-order valence-corrected chi connectivity index (χ2v) is 7.63. The third-order valence-corrected chi connectivity index (χ3v) is 5.40. The van der Waals surface area contributed by atoms with Crippen molar-refractivity contribution in [1.29, 1.82) is 0 Å². The molecule has 1 aromatic carbocycles. The van der Waals surface area contributed by atoms with Crippen LogP contribution >= 0.6 is 35.6 Å². The molecule has 1 aliphatic carbocycles. The lowest BCUT2D eigenvalue weighted by molar-refractivity contribution is -0.143. The molecule has 2 N–H and O–H groups in total. The SMILES string of the molecule is CN=C(NCC1(c2ccc(Cl)cc2)CC1)NC1CCN(CC(F)(F)F)C1.I. The van der Waals surface area contributed by atoms with Crippen molar-refractivity contribution in [2.45, 2.75) is 36.9 Å². The molecule has 9 heteroatoms. The molecule has 1 saturated heterocycles. The Balaban J connectivity index is 0.00000261. The van der Waals surface area contributed by atoms with Crippen LogP contribution in [0.2, 0.25) is 5.02 Å². The minimum Gasteiger partial charge on any atom is -0.356 e. The van der Waals surface area contributed by atoms with Crippen molar-refractivity contribution >= 4 is 41.5 Å². The summed E-state index contributed by atoms with van der Waals surface area (Å²) in [5, 5.41) is 7.31. The standard InChI is InChI=1S/C18H24ClF3N4.HI/c1-23-16(25-15-6-9-26(10-15)12-18(20,21)22)24-11-17(7-8-17)13-2-4-14(19)5-3-13;/h2-5,15H,6-12H2,1H3,(H2,23,24,25);1H. The molecule has 152 valence electrons. The van der Waals surface area contributed by atoms with Crippen LogP contribution in [0.4, 0.5) is 13.2 Å². The quantitative estimate of drug-likeness (QED) is 0.355.